The van der Waals surface area contributed by atoms with E-state index in [9.17, 15) is 60.3 Å². The van der Waals surface area contributed by atoms with Crippen LogP contribution >= 0.6 is 0 Å². The fraction of sp³-hybridized carbons (Fsp3) is 0.537. The molecule has 2 saturated heterocycles. The van der Waals surface area contributed by atoms with E-state index in [0.29, 0.717) is 72.9 Å². The summed E-state index contributed by atoms with van der Waals surface area (Å²) in [6, 6.07) is 29.9. The summed E-state index contributed by atoms with van der Waals surface area (Å²) in [6.45, 7) is 22.7. The number of amides is 7. The Labute approximate surface area is 658 Å². The van der Waals surface area contributed by atoms with Gasteiger partial charge in [0.05, 0.1) is 53.4 Å². The number of rotatable bonds is 11. The van der Waals surface area contributed by atoms with Gasteiger partial charge in [-0.05, 0) is 121 Å². The molecule has 6 fully saturated rings. The first-order chi connectivity index (χ1) is 53.1. The van der Waals surface area contributed by atoms with Crippen LogP contribution in [0.4, 0.5) is 9.59 Å². The van der Waals surface area contributed by atoms with Crippen LogP contribution in [0.15, 0.2) is 109 Å². The summed E-state index contributed by atoms with van der Waals surface area (Å²) < 4.78 is 89.5. The second-order valence-corrected chi connectivity index (χ2v) is 38.8. The molecule has 6 aromatic rings. The van der Waals surface area contributed by atoms with E-state index in [4.69, 9.17) is 44.1 Å². The lowest BCUT2D eigenvalue weighted by Crippen LogP contribution is -2.60. The van der Waals surface area contributed by atoms with E-state index in [0.717, 1.165) is 39.4 Å². The fourth-order valence-electron chi connectivity index (χ4n) is 14.6. The molecule has 6 heterocycles. The van der Waals surface area contributed by atoms with Gasteiger partial charge >= 0.3 is 18.2 Å². The predicted molar refractivity (Wildman–Crippen MR) is 420 cm³/mol. The highest BCUT2D eigenvalue weighted by Crippen LogP contribution is 2.48. The number of alkyl carbamates (subject to hydrolysis) is 2. The monoisotopic (exact) mass is 1600 g/mol. The Hall–Kier alpha value is -9.88. The van der Waals surface area contributed by atoms with E-state index in [2.05, 4.69) is 25.4 Å². The Bertz CT molecular complexity index is 4920. The number of carbonyl (C=O) groups is 8. The Balaban J connectivity index is 0.000000181. The van der Waals surface area contributed by atoms with E-state index in [-0.39, 0.29) is 75.9 Å². The molecule has 0 radical (unpaired) electrons. The maximum Gasteiger partial charge on any atom is 0.407 e. The minimum atomic E-state index is -3.88. The van der Waals surface area contributed by atoms with Crippen LogP contribution in [0.25, 0.3) is 44.1 Å². The lowest BCUT2D eigenvalue weighted by atomic mass is 9.85. The van der Waals surface area contributed by atoms with E-state index >= 15 is 0 Å². The maximum absolute atomic E-state index is 14.7. The van der Waals surface area contributed by atoms with Gasteiger partial charge in [0.2, 0.25) is 49.5 Å². The Kier molecular flexibility index (Phi) is 23.3. The van der Waals surface area contributed by atoms with E-state index in [1.165, 1.54) is 9.80 Å². The average Bonchev–Trinajstić information content (AvgIpc) is 1.57. The predicted octanol–water partition coefficient (Wildman–Crippen LogP) is 9.32. The van der Waals surface area contributed by atoms with Gasteiger partial charge in [-0.3, -0.25) is 33.4 Å². The molecule has 608 valence electrons. The molecule has 113 heavy (non-hydrogen) atoms. The first kappa shape index (κ1) is 82.6. The molecule has 10 atom stereocenters. The maximum atomic E-state index is 14.7. The topological polar surface area (TPSA) is 399 Å². The van der Waals surface area contributed by atoms with Gasteiger partial charge in [0.15, 0.2) is 0 Å². The summed E-state index contributed by atoms with van der Waals surface area (Å²) in [5, 5.41) is 19.2. The molecule has 8 bridgehead atoms. The van der Waals surface area contributed by atoms with Crippen molar-refractivity contribution in [2.45, 2.75) is 205 Å². The number of carboxylic acids is 1. The number of aromatic nitrogens is 2. The second kappa shape index (κ2) is 31.8. The zero-order valence-electron chi connectivity index (χ0n) is 66.0. The molecule has 29 nitrogen and oxygen atoms in total. The van der Waals surface area contributed by atoms with Crippen LogP contribution in [0.5, 0.6) is 23.3 Å². The molecule has 4 aliphatic carbocycles. The zero-order chi connectivity index (χ0) is 81.7. The third kappa shape index (κ3) is 19.2. The highest BCUT2D eigenvalue weighted by molar-refractivity contribution is 7.91. The van der Waals surface area contributed by atoms with Crippen molar-refractivity contribution in [3.05, 3.63) is 109 Å². The molecule has 7 amide bonds. The van der Waals surface area contributed by atoms with Crippen molar-refractivity contribution in [3.8, 4) is 45.5 Å². The van der Waals surface area contributed by atoms with E-state index in [1.807, 2.05) is 151 Å². The first-order valence-electron chi connectivity index (χ1n) is 38.6. The van der Waals surface area contributed by atoms with E-state index < -0.39 is 142 Å². The van der Waals surface area contributed by atoms with Crippen molar-refractivity contribution in [2.24, 2.45) is 39.2 Å². The summed E-state index contributed by atoms with van der Waals surface area (Å²) in [5.74, 6) is -2.44. The molecular formula is C82H104N10O19S2. The highest BCUT2D eigenvalue weighted by Gasteiger charge is 2.63. The molecule has 4 aromatic carbocycles. The van der Waals surface area contributed by atoms with Gasteiger partial charge in [0.1, 0.15) is 66.6 Å². The van der Waals surface area contributed by atoms with Crippen LogP contribution in [0.3, 0.4) is 0 Å². The highest BCUT2D eigenvalue weighted by atomic mass is 32.2. The summed E-state index contributed by atoms with van der Waals surface area (Å²) in [5.41, 5.74) is 5.10. The van der Waals surface area contributed by atoms with Crippen molar-refractivity contribution in [3.63, 3.8) is 0 Å². The lowest BCUT2D eigenvalue weighted by molar-refractivity contribution is -0.150. The number of nitrogens with zero attached hydrogens (tertiary/aromatic N) is 4. The summed E-state index contributed by atoms with van der Waals surface area (Å²) in [6.07, 6.45) is 1.57. The molecule has 8 N–H and O–H groups in total. The number of carboxylic acid groups (broad SMARTS) is 1. The smallest absolute Gasteiger partial charge is 0.407 e. The van der Waals surface area contributed by atoms with Crippen LogP contribution in [-0.2, 0) is 58.3 Å². The summed E-state index contributed by atoms with van der Waals surface area (Å²) in [4.78, 5) is 119. The van der Waals surface area contributed by atoms with Gasteiger partial charge in [-0.1, -0.05) is 157 Å². The Morgan fingerprint density at radius 1 is 0.558 bits per heavy atom. The van der Waals surface area contributed by atoms with Crippen molar-refractivity contribution in [1.29, 1.82) is 0 Å². The number of fused-ring (bicyclic) bond motifs is 14. The van der Waals surface area contributed by atoms with Gasteiger partial charge in [0.25, 0.3) is 11.8 Å². The molecule has 2 aromatic heterocycles. The van der Waals surface area contributed by atoms with Crippen molar-refractivity contribution < 1.29 is 88.7 Å². The number of aliphatic carboxylic acids is 1. The number of ether oxygens (including phenoxy) is 6. The number of para-hydroxylation sites is 2. The fourth-order valence-corrected chi connectivity index (χ4v) is 17.3. The van der Waals surface area contributed by atoms with Crippen molar-refractivity contribution >= 4 is 89.5 Å². The summed E-state index contributed by atoms with van der Waals surface area (Å²) >= 11 is 0. The van der Waals surface area contributed by atoms with Gasteiger partial charge < -0.3 is 65.0 Å². The minimum Gasteiger partial charge on any atom is -0.493 e. The van der Waals surface area contributed by atoms with Gasteiger partial charge in [-0.15, -0.1) is 0 Å². The summed E-state index contributed by atoms with van der Waals surface area (Å²) in [7, 11) is -7.32. The average molecular weight is 1600 g/mol. The largest absolute Gasteiger partial charge is 0.493 e. The van der Waals surface area contributed by atoms with Gasteiger partial charge in [0, 0.05) is 45.6 Å². The van der Waals surface area contributed by atoms with Gasteiger partial charge in [-0.25, -0.2) is 41.2 Å². The number of carbonyl (C=O) groups excluding carboxylic acids is 7. The number of hydrogen-bond donors (Lipinski definition) is 7. The zero-order valence-corrected chi connectivity index (χ0v) is 67.6. The Morgan fingerprint density at radius 3 is 1.38 bits per heavy atom. The number of pyridine rings is 2. The Morgan fingerprint density at radius 2 is 0.973 bits per heavy atom. The first-order valence-corrected chi connectivity index (χ1v) is 41.7. The molecule has 4 saturated carbocycles. The standard InChI is InChI=1S/C41H51N5O9S.C32H37N3O7.C9H16N2O3S/c1-7-26-20-41(26,37(49)45-56(51,52)29-15-16-29)44-34(47)32-19-28-21-46(32)36(48)33(39(2,3)4)43-38(50)54-23-40(5,6)22-53-27-13-10-12-24(17-27)30-18-25-11-8-9-14-31(25)42-35(30)55-28;1-31(2,3)26-28(36)35-16-22(15-25(35)29(37)38)42-27-23(14-20-9-6-7-12-24(20)33-27)19-10-8-11-21(13-19)40-17-32(4,5)18-41-30(39)34-26;1-2-6-5-9(6,10)8(12)11-15(13,14)7-3-4-7/h8-14,17-18,26,28-29,32-33H,7,15-16,19-23H2,1-6H3,(H,43,50)(H,44,47)(H,45,49);6-14,22,25-26H,15-18H2,1-5H3,(H,34,39)(H,37,38);6-7H,2-5,10H2,1H3,(H,11,12)/t26-,28-,32+,33-,41-;22-,25+,26-;6-,9-/m111/s1. The quantitative estimate of drug-likeness (QED) is 0.0635. The van der Waals surface area contributed by atoms with Crippen LogP contribution in [0.2, 0.25) is 0 Å². The van der Waals surface area contributed by atoms with E-state index in [1.54, 1.807) is 41.5 Å². The molecule has 0 unspecified atom stereocenters. The molecule has 14 rings (SSSR count). The molecular weight excluding hydrogens is 1490 g/mol. The van der Waals surface area contributed by atoms with Crippen LogP contribution < -0.4 is 50.1 Å². The molecule has 8 aliphatic rings. The second-order valence-electron chi connectivity index (χ2n) is 34.8. The van der Waals surface area contributed by atoms with Crippen molar-refractivity contribution in [2.75, 3.05) is 39.5 Å². The van der Waals surface area contributed by atoms with Crippen LogP contribution in [0, 0.1) is 33.5 Å². The lowest BCUT2D eigenvalue weighted by Gasteiger charge is -2.35. The third-order valence-corrected chi connectivity index (χ3v) is 25.6. The number of benzene rings is 4. The molecule has 31 heteroatoms. The van der Waals surface area contributed by atoms with Crippen molar-refractivity contribution in [1.82, 2.24) is 45.2 Å². The number of nitrogens with one attached hydrogen (secondary N) is 5. The normalized spacial score (nSPS) is 26.4. The number of nitrogens with two attached hydrogens (primary N) is 1. The van der Waals surface area contributed by atoms with Crippen LogP contribution in [-0.4, -0.2) is 187 Å². The van der Waals surface area contributed by atoms with Crippen LogP contribution in [0.1, 0.15) is 147 Å². The van der Waals surface area contributed by atoms with Gasteiger partial charge in [-0.2, -0.15) is 0 Å². The minimum absolute atomic E-state index is 0.00775. The number of hydrogen-bond acceptors (Lipinski definition) is 21. The third-order valence-electron chi connectivity index (χ3n) is 21.9. The number of sulfonamides is 2. The SMILES string of the molecule is CC1(C)COC(=O)N[C@@H](C(C)(C)C)C(=O)N2C[C@@H](C[C@H]2C(=O)O)Oc2nc3ccccc3cc2-c2cccc(c2)OC1.CC[C@@H]1C[C@]1(N)C(=O)NS(=O)(=O)C1CC1.CC[C@@H]1C[C@]1(NC(=O)[C@@H]1C[C@@H]2CN1C(=O)[C@H](C(C)(C)C)NC(=O)OCC(C)(C)COc1cccc(c1)-c1cc3ccccc3nc1O2)C(=O)NS(=O)(=O)C1CC1. The molecule has 4 aliphatic heterocycles. The molecule has 0 spiro atoms. The number of cyclic esters (lactones) is 2.